The van der Waals surface area contributed by atoms with Crippen LogP contribution in [0.2, 0.25) is 0 Å². The van der Waals surface area contributed by atoms with Gasteiger partial charge < -0.3 is 15.0 Å². The van der Waals surface area contributed by atoms with E-state index in [9.17, 15) is 0 Å². The Hall–Kier alpha value is -0.580. The first-order valence-electron chi connectivity index (χ1n) is 7.97. The fraction of sp³-hybridized carbons (Fsp3) is 0.647. The van der Waals surface area contributed by atoms with Crippen molar-refractivity contribution in [2.45, 2.75) is 32.7 Å². The minimum atomic E-state index is 0.756. The van der Waals surface area contributed by atoms with E-state index in [0.29, 0.717) is 0 Å². The van der Waals surface area contributed by atoms with Gasteiger partial charge in [0, 0.05) is 37.8 Å². The number of ether oxygens (including phenoxy) is 1. The van der Waals surface area contributed by atoms with E-state index in [1.165, 1.54) is 48.1 Å². The van der Waals surface area contributed by atoms with Crippen molar-refractivity contribution in [2.24, 2.45) is 5.92 Å². The second-order valence-corrected chi connectivity index (χ2v) is 6.65. The van der Waals surface area contributed by atoms with Gasteiger partial charge in [0.25, 0.3) is 0 Å². The molecule has 1 aromatic carbocycles. The van der Waals surface area contributed by atoms with Crippen LogP contribution in [0, 0.1) is 5.92 Å². The number of hydrogen-bond acceptors (Lipinski definition) is 3. The molecule has 0 aromatic heterocycles. The van der Waals surface area contributed by atoms with Crippen LogP contribution in [0.4, 0.5) is 5.69 Å². The summed E-state index contributed by atoms with van der Waals surface area (Å²) in [5.74, 6) is 0.921. The molecule has 1 heterocycles. The Bertz CT molecular complexity index is 431. The van der Waals surface area contributed by atoms with Crippen LogP contribution in [-0.4, -0.2) is 33.4 Å². The summed E-state index contributed by atoms with van der Waals surface area (Å²) in [4.78, 5) is 2.51. The maximum Gasteiger partial charge on any atom is 0.0587 e. The van der Waals surface area contributed by atoms with Crippen LogP contribution in [0.1, 0.15) is 31.7 Å². The fourth-order valence-corrected chi connectivity index (χ4v) is 3.58. The molecule has 118 valence electrons. The van der Waals surface area contributed by atoms with E-state index in [2.05, 4.69) is 51.3 Å². The average molecular weight is 355 g/mol. The highest BCUT2D eigenvalue weighted by molar-refractivity contribution is 9.10. The molecule has 3 nitrogen and oxygen atoms in total. The molecule has 0 radical (unpaired) electrons. The molecule has 1 saturated heterocycles. The van der Waals surface area contributed by atoms with Crippen molar-refractivity contribution in [3.63, 3.8) is 0 Å². The Morgan fingerprint density at radius 2 is 2.10 bits per heavy atom. The van der Waals surface area contributed by atoms with Gasteiger partial charge in [-0.2, -0.15) is 0 Å². The minimum Gasteiger partial charge on any atom is -0.383 e. The lowest BCUT2D eigenvalue weighted by Gasteiger charge is -2.34. The maximum absolute atomic E-state index is 5.04. The van der Waals surface area contributed by atoms with Crippen molar-refractivity contribution in [3.8, 4) is 0 Å². The summed E-state index contributed by atoms with van der Waals surface area (Å²) in [6, 6.07) is 6.72. The van der Waals surface area contributed by atoms with Crippen molar-refractivity contribution in [2.75, 3.05) is 38.3 Å². The van der Waals surface area contributed by atoms with Crippen molar-refractivity contribution < 1.29 is 4.74 Å². The van der Waals surface area contributed by atoms with Gasteiger partial charge in [0.2, 0.25) is 0 Å². The van der Waals surface area contributed by atoms with Gasteiger partial charge in [-0.1, -0.05) is 19.4 Å². The molecule has 0 spiro atoms. The number of rotatable bonds is 7. The lowest BCUT2D eigenvalue weighted by molar-refractivity contribution is 0.199. The molecule has 21 heavy (non-hydrogen) atoms. The number of piperidine rings is 1. The zero-order valence-electron chi connectivity index (χ0n) is 13.2. The van der Waals surface area contributed by atoms with Gasteiger partial charge in [-0.05, 0) is 52.4 Å². The van der Waals surface area contributed by atoms with Gasteiger partial charge in [0.15, 0.2) is 0 Å². The summed E-state index contributed by atoms with van der Waals surface area (Å²) in [7, 11) is 1.73. The highest BCUT2D eigenvalue weighted by Crippen LogP contribution is 2.31. The van der Waals surface area contributed by atoms with E-state index in [0.717, 1.165) is 25.6 Å². The molecule has 0 atom stereocenters. The number of benzene rings is 1. The predicted molar refractivity (Wildman–Crippen MR) is 93.0 cm³/mol. The van der Waals surface area contributed by atoms with Crippen molar-refractivity contribution in [3.05, 3.63) is 28.2 Å². The summed E-state index contributed by atoms with van der Waals surface area (Å²) in [6.07, 6.45) is 3.97. The van der Waals surface area contributed by atoms with Gasteiger partial charge in [0.05, 0.1) is 12.3 Å². The number of nitrogens with one attached hydrogen (secondary N) is 1. The highest BCUT2D eigenvalue weighted by Gasteiger charge is 2.19. The van der Waals surface area contributed by atoms with E-state index in [4.69, 9.17) is 4.74 Å². The molecule has 0 aliphatic carbocycles. The van der Waals surface area contributed by atoms with Crippen LogP contribution in [0.5, 0.6) is 0 Å². The highest BCUT2D eigenvalue weighted by atomic mass is 79.9. The van der Waals surface area contributed by atoms with E-state index in [1.807, 2.05) is 0 Å². The van der Waals surface area contributed by atoms with Gasteiger partial charge in [-0.15, -0.1) is 0 Å². The SMILES string of the molecule is CCC1CCN(c2ccc(CNCCOC)cc2Br)CC1. The molecule has 1 aromatic rings. The first kappa shape index (κ1) is 16.8. The third-order valence-corrected chi connectivity index (χ3v) is 4.99. The Balaban J connectivity index is 1.90. The number of nitrogens with zero attached hydrogens (tertiary/aromatic N) is 1. The van der Waals surface area contributed by atoms with Crippen LogP contribution in [0.3, 0.4) is 0 Å². The quantitative estimate of drug-likeness (QED) is 0.753. The minimum absolute atomic E-state index is 0.756. The second-order valence-electron chi connectivity index (χ2n) is 5.79. The Morgan fingerprint density at radius 1 is 1.33 bits per heavy atom. The molecule has 1 N–H and O–H groups in total. The summed E-state index contributed by atoms with van der Waals surface area (Å²) >= 11 is 3.74. The van der Waals surface area contributed by atoms with Crippen LogP contribution in [-0.2, 0) is 11.3 Å². The summed E-state index contributed by atoms with van der Waals surface area (Å²) in [6.45, 7) is 7.21. The number of hydrogen-bond donors (Lipinski definition) is 1. The third-order valence-electron chi connectivity index (χ3n) is 4.36. The Kier molecular flexibility index (Phi) is 7.00. The molecule has 0 unspecified atom stereocenters. The van der Waals surface area contributed by atoms with Gasteiger partial charge in [-0.3, -0.25) is 0 Å². The fourth-order valence-electron chi connectivity index (χ4n) is 2.91. The van der Waals surface area contributed by atoms with Gasteiger partial charge in [-0.25, -0.2) is 0 Å². The van der Waals surface area contributed by atoms with E-state index in [1.54, 1.807) is 7.11 Å². The lowest BCUT2D eigenvalue weighted by Crippen LogP contribution is -2.33. The predicted octanol–water partition coefficient (Wildman–Crippen LogP) is 3.81. The molecule has 2 rings (SSSR count). The lowest BCUT2D eigenvalue weighted by atomic mass is 9.94. The van der Waals surface area contributed by atoms with Crippen LogP contribution in [0.15, 0.2) is 22.7 Å². The second kappa shape index (κ2) is 8.76. The Morgan fingerprint density at radius 3 is 2.71 bits per heavy atom. The zero-order valence-corrected chi connectivity index (χ0v) is 14.8. The molecular formula is C17H27BrN2O. The zero-order chi connectivity index (χ0) is 15.1. The summed E-state index contributed by atoms with van der Waals surface area (Å²) < 4.78 is 6.25. The standard InChI is InChI=1S/C17H27BrN2O/c1-3-14-6-9-20(10-7-14)17-5-4-15(12-16(17)18)13-19-8-11-21-2/h4-5,12,14,19H,3,6-11,13H2,1-2H3. The molecule has 1 aliphatic heterocycles. The molecule has 0 saturated carbocycles. The van der Waals surface area contributed by atoms with Crippen molar-refractivity contribution in [1.82, 2.24) is 5.32 Å². The van der Waals surface area contributed by atoms with Crippen LogP contribution in [0.25, 0.3) is 0 Å². The topological polar surface area (TPSA) is 24.5 Å². The van der Waals surface area contributed by atoms with Crippen LogP contribution < -0.4 is 10.2 Å². The van der Waals surface area contributed by atoms with Crippen molar-refractivity contribution in [1.29, 1.82) is 0 Å². The smallest absolute Gasteiger partial charge is 0.0587 e. The molecule has 1 aliphatic rings. The molecule has 1 fully saturated rings. The molecule has 0 bridgehead atoms. The number of halogens is 1. The van der Waals surface area contributed by atoms with Crippen LogP contribution >= 0.6 is 15.9 Å². The monoisotopic (exact) mass is 354 g/mol. The third kappa shape index (κ3) is 4.97. The van der Waals surface area contributed by atoms with E-state index in [-0.39, 0.29) is 0 Å². The maximum atomic E-state index is 5.04. The average Bonchev–Trinajstić information content (AvgIpc) is 2.52. The first-order chi connectivity index (χ1) is 10.2. The van der Waals surface area contributed by atoms with E-state index >= 15 is 0 Å². The Labute approximate surface area is 137 Å². The molecule has 0 amide bonds. The first-order valence-corrected chi connectivity index (χ1v) is 8.77. The molecule has 4 heteroatoms. The number of methoxy groups -OCH3 is 1. The molecular weight excluding hydrogens is 328 g/mol. The number of anilines is 1. The largest absolute Gasteiger partial charge is 0.383 e. The normalized spacial score (nSPS) is 16.4. The summed E-state index contributed by atoms with van der Waals surface area (Å²) in [5.41, 5.74) is 2.65. The van der Waals surface area contributed by atoms with Gasteiger partial charge in [0.1, 0.15) is 0 Å². The van der Waals surface area contributed by atoms with E-state index < -0.39 is 0 Å². The van der Waals surface area contributed by atoms with Crippen molar-refractivity contribution >= 4 is 21.6 Å². The van der Waals surface area contributed by atoms with Gasteiger partial charge >= 0.3 is 0 Å². The summed E-state index contributed by atoms with van der Waals surface area (Å²) in [5, 5.41) is 3.38.